The summed E-state index contributed by atoms with van der Waals surface area (Å²) >= 11 is 0. The van der Waals surface area contributed by atoms with E-state index in [1.165, 1.54) is 5.69 Å². The van der Waals surface area contributed by atoms with E-state index in [-0.39, 0.29) is 0 Å². The molecule has 0 bridgehead atoms. The number of para-hydroxylation sites is 3. The number of oxazole rings is 1. The van der Waals surface area contributed by atoms with E-state index in [1.54, 1.807) is 4.90 Å². The van der Waals surface area contributed by atoms with Crippen molar-refractivity contribution in [1.29, 1.82) is 0 Å². The van der Waals surface area contributed by atoms with Gasteiger partial charge in [0, 0.05) is 5.69 Å². The standard InChI is InChI=1S/C18H19N3O/c1-2-6-15(7-3-1)21-12-10-20(11-13-21)14-18-19-16-8-4-5-9-17(16)22-18/h1-9H,10-14H2/p+1. The highest BCUT2D eigenvalue weighted by Crippen LogP contribution is 2.15. The van der Waals surface area contributed by atoms with E-state index in [2.05, 4.69) is 40.2 Å². The molecular weight excluding hydrogens is 274 g/mol. The molecule has 2 aromatic carbocycles. The summed E-state index contributed by atoms with van der Waals surface area (Å²) in [5, 5.41) is 0. The molecule has 1 aromatic heterocycles. The number of aromatic nitrogens is 1. The van der Waals surface area contributed by atoms with Gasteiger partial charge in [-0.15, -0.1) is 0 Å². The molecule has 0 unspecified atom stereocenters. The van der Waals surface area contributed by atoms with Gasteiger partial charge in [-0.1, -0.05) is 30.3 Å². The van der Waals surface area contributed by atoms with Crippen LogP contribution in [-0.2, 0) is 6.54 Å². The topological polar surface area (TPSA) is 33.7 Å². The molecule has 0 amide bonds. The Morgan fingerprint density at radius 1 is 0.955 bits per heavy atom. The van der Waals surface area contributed by atoms with Crippen LogP contribution in [-0.4, -0.2) is 31.2 Å². The maximum Gasteiger partial charge on any atom is 0.251 e. The molecule has 0 radical (unpaired) electrons. The van der Waals surface area contributed by atoms with Gasteiger partial charge in [-0.25, -0.2) is 4.98 Å². The molecule has 1 aliphatic rings. The van der Waals surface area contributed by atoms with Crippen molar-refractivity contribution in [2.75, 3.05) is 31.1 Å². The summed E-state index contributed by atoms with van der Waals surface area (Å²) in [6, 6.07) is 18.6. The van der Waals surface area contributed by atoms with Gasteiger partial charge in [0.1, 0.15) is 5.52 Å². The van der Waals surface area contributed by atoms with Gasteiger partial charge in [0.15, 0.2) is 12.1 Å². The first-order valence-electron chi connectivity index (χ1n) is 7.86. The van der Waals surface area contributed by atoms with E-state index in [1.807, 2.05) is 24.3 Å². The summed E-state index contributed by atoms with van der Waals surface area (Å²) in [4.78, 5) is 8.58. The van der Waals surface area contributed by atoms with Gasteiger partial charge < -0.3 is 14.2 Å². The molecule has 0 spiro atoms. The van der Waals surface area contributed by atoms with Crippen LogP contribution in [0.1, 0.15) is 5.89 Å². The first kappa shape index (κ1) is 13.3. The SMILES string of the molecule is c1ccc(N2CC[NH+](Cc3nc4ccccc4o3)CC2)cc1. The number of hydrogen-bond donors (Lipinski definition) is 1. The Kier molecular flexibility index (Phi) is 3.52. The minimum atomic E-state index is 0.851. The zero-order chi connectivity index (χ0) is 14.8. The van der Waals surface area contributed by atoms with E-state index < -0.39 is 0 Å². The molecule has 1 fully saturated rings. The van der Waals surface area contributed by atoms with Gasteiger partial charge in [0.2, 0.25) is 0 Å². The van der Waals surface area contributed by atoms with Crippen LogP contribution in [0.25, 0.3) is 11.1 Å². The average Bonchev–Trinajstić information content (AvgIpc) is 2.98. The fraction of sp³-hybridized carbons (Fsp3) is 0.278. The monoisotopic (exact) mass is 294 g/mol. The number of piperazine rings is 1. The number of fused-ring (bicyclic) bond motifs is 1. The second-order valence-electron chi connectivity index (χ2n) is 5.82. The van der Waals surface area contributed by atoms with Crippen LogP contribution in [0, 0.1) is 0 Å². The smallest absolute Gasteiger partial charge is 0.251 e. The Balaban J connectivity index is 1.39. The molecule has 4 nitrogen and oxygen atoms in total. The van der Waals surface area contributed by atoms with Crippen LogP contribution in [0.5, 0.6) is 0 Å². The lowest BCUT2D eigenvalue weighted by atomic mass is 10.2. The van der Waals surface area contributed by atoms with Crippen molar-refractivity contribution in [2.24, 2.45) is 0 Å². The fourth-order valence-electron chi connectivity index (χ4n) is 3.11. The summed E-state index contributed by atoms with van der Waals surface area (Å²) in [6.45, 7) is 5.28. The summed E-state index contributed by atoms with van der Waals surface area (Å²) in [5.41, 5.74) is 3.17. The van der Waals surface area contributed by atoms with E-state index in [9.17, 15) is 0 Å². The fourth-order valence-corrected chi connectivity index (χ4v) is 3.11. The second-order valence-corrected chi connectivity index (χ2v) is 5.82. The Labute approximate surface area is 130 Å². The van der Waals surface area contributed by atoms with Crippen molar-refractivity contribution in [3.63, 3.8) is 0 Å². The molecule has 4 heteroatoms. The van der Waals surface area contributed by atoms with E-state index >= 15 is 0 Å². The minimum absolute atomic E-state index is 0.851. The number of benzene rings is 2. The molecule has 3 aromatic rings. The summed E-state index contributed by atoms with van der Waals surface area (Å²) in [7, 11) is 0. The Morgan fingerprint density at radius 2 is 1.68 bits per heavy atom. The molecule has 4 rings (SSSR count). The molecule has 112 valence electrons. The number of anilines is 1. The Bertz CT molecular complexity index is 712. The van der Waals surface area contributed by atoms with Crippen molar-refractivity contribution in [2.45, 2.75) is 6.54 Å². The van der Waals surface area contributed by atoms with E-state index in [0.717, 1.165) is 49.7 Å². The molecule has 1 saturated heterocycles. The molecule has 0 aliphatic carbocycles. The molecular formula is C18H20N3O+. The highest BCUT2D eigenvalue weighted by molar-refractivity contribution is 5.72. The second kappa shape index (κ2) is 5.81. The largest absolute Gasteiger partial charge is 0.435 e. The highest BCUT2D eigenvalue weighted by atomic mass is 16.3. The molecule has 22 heavy (non-hydrogen) atoms. The molecule has 0 saturated carbocycles. The number of quaternary nitrogens is 1. The van der Waals surface area contributed by atoms with Gasteiger partial charge in [0.25, 0.3) is 5.89 Å². The van der Waals surface area contributed by atoms with Gasteiger partial charge in [-0.2, -0.15) is 0 Å². The molecule has 1 N–H and O–H groups in total. The van der Waals surface area contributed by atoms with Gasteiger partial charge in [0.05, 0.1) is 26.2 Å². The van der Waals surface area contributed by atoms with Crippen molar-refractivity contribution >= 4 is 16.8 Å². The summed E-state index contributed by atoms with van der Waals surface area (Å²) in [5.74, 6) is 0.851. The maximum absolute atomic E-state index is 5.84. The normalized spacial score (nSPS) is 16.3. The third-order valence-electron chi connectivity index (χ3n) is 4.33. The quantitative estimate of drug-likeness (QED) is 0.799. The lowest BCUT2D eigenvalue weighted by Crippen LogP contribution is -3.13. The number of nitrogens with zero attached hydrogens (tertiary/aromatic N) is 2. The molecule has 0 atom stereocenters. The first-order chi connectivity index (χ1) is 10.9. The van der Waals surface area contributed by atoms with Gasteiger partial charge >= 0.3 is 0 Å². The van der Waals surface area contributed by atoms with Crippen LogP contribution in [0.2, 0.25) is 0 Å². The lowest BCUT2D eigenvalue weighted by Gasteiger charge is -2.33. The first-order valence-corrected chi connectivity index (χ1v) is 7.86. The zero-order valence-corrected chi connectivity index (χ0v) is 12.5. The van der Waals surface area contributed by atoms with Crippen LogP contribution >= 0.6 is 0 Å². The number of nitrogens with one attached hydrogen (secondary N) is 1. The number of hydrogen-bond acceptors (Lipinski definition) is 3. The van der Waals surface area contributed by atoms with Crippen molar-refractivity contribution in [3.05, 3.63) is 60.5 Å². The van der Waals surface area contributed by atoms with Crippen LogP contribution in [0.4, 0.5) is 5.69 Å². The Hall–Kier alpha value is -2.33. The van der Waals surface area contributed by atoms with Crippen LogP contribution in [0.15, 0.2) is 59.0 Å². The third-order valence-corrected chi connectivity index (χ3v) is 4.33. The van der Waals surface area contributed by atoms with Crippen LogP contribution < -0.4 is 9.80 Å². The zero-order valence-electron chi connectivity index (χ0n) is 12.5. The summed E-state index contributed by atoms with van der Waals surface area (Å²) in [6.07, 6.45) is 0. The van der Waals surface area contributed by atoms with E-state index in [4.69, 9.17) is 4.42 Å². The average molecular weight is 294 g/mol. The third kappa shape index (κ3) is 2.70. The van der Waals surface area contributed by atoms with Crippen molar-refractivity contribution in [3.8, 4) is 0 Å². The maximum atomic E-state index is 5.84. The highest BCUT2D eigenvalue weighted by Gasteiger charge is 2.22. The van der Waals surface area contributed by atoms with Gasteiger partial charge in [-0.3, -0.25) is 0 Å². The van der Waals surface area contributed by atoms with Gasteiger partial charge in [-0.05, 0) is 24.3 Å². The molecule has 1 aliphatic heterocycles. The molecule has 2 heterocycles. The predicted molar refractivity (Wildman–Crippen MR) is 87.1 cm³/mol. The van der Waals surface area contributed by atoms with Crippen LogP contribution in [0.3, 0.4) is 0 Å². The summed E-state index contributed by atoms with van der Waals surface area (Å²) < 4.78 is 5.84. The lowest BCUT2D eigenvalue weighted by molar-refractivity contribution is -0.915. The predicted octanol–water partition coefficient (Wildman–Crippen LogP) is 1.73. The van der Waals surface area contributed by atoms with Crippen molar-refractivity contribution in [1.82, 2.24) is 4.98 Å². The van der Waals surface area contributed by atoms with Crippen molar-refractivity contribution < 1.29 is 9.32 Å². The number of rotatable bonds is 3. The van der Waals surface area contributed by atoms with E-state index in [0.29, 0.717) is 0 Å². The minimum Gasteiger partial charge on any atom is -0.435 e. The Morgan fingerprint density at radius 3 is 2.45 bits per heavy atom.